The molecule has 1 N–H and O–H groups in total. The summed E-state index contributed by atoms with van der Waals surface area (Å²) in [7, 11) is 0. The van der Waals surface area contributed by atoms with Crippen molar-refractivity contribution in [1.82, 2.24) is 14.9 Å². The number of carbonyl (C=O) groups excluding carboxylic acids is 1. The SMILES string of the molecule is CC[C@H](C)NC(=O)CSc1nc2ccccc2c(=O)n1-c1ccc(F)cc1. The Morgan fingerprint density at radius 1 is 1.22 bits per heavy atom. The number of hydrogen-bond acceptors (Lipinski definition) is 4. The minimum atomic E-state index is -0.386. The fraction of sp³-hybridized carbons (Fsp3) is 0.250. The fourth-order valence-corrected chi connectivity index (χ4v) is 3.40. The molecule has 0 aliphatic carbocycles. The van der Waals surface area contributed by atoms with Gasteiger partial charge in [0.15, 0.2) is 5.16 Å². The first kappa shape index (κ1) is 19.1. The van der Waals surface area contributed by atoms with Gasteiger partial charge in [-0.15, -0.1) is 0 Å². The van der Waals surface area contributed by atoms with Crippen LogP contribution in [0.15, 0.2) is 58.5 Å². The minimum absolute atomic E-state index is 0.0851. The zero-order valence-electron chi connectivity index (χ0n) is 15.1. The van der Waals surface area contributed by atoms with Crippen LogP contribution in [0, 0.1) is 5.82 Å². The monoisotopic (exact) mass is 385 g/mol. The molecule has 0 saturated carbocycles. The van der Waals surface area contributed by atoms with Crippen LogP contribution in [0.5, 0.6) is 0 Å². The number of aromatic nitrogens is 2. The maximum Gasteiger partial charge on any atom is 0.266 e. The molecule has 1 heterocycles. The summed E-state index contributed by atoms with van der Waals surface area (Å²) in [4.78, 5) is 29.7. The molecule has 3 aromatic rings. The van der Waals surface area contributed by atoms with Crippen molar-refractivity contribution in [2.24, 2.45) is 0 Å². The number of benzene rings is 2. The Morgan fingerprint density at radius 3 is 2.63 bits per heavy atom. The average Bonchev–Trinajstić information content (AvgIpc) is 2.67. The van der Waals surface area contributed by atoms with Gasteiger partial charge in [-0.05, 0) is 49.7 Å². The van der Waals surface area contributed by atoms with E-state index in [-0.39, 0.29) is 29.1 Å². The fourth-order valence-electron chi connectivity index (χ4n) is 2.58. The number of hydrogen-bond donors (Lipinski definition) is 1. The number of halogens is 1. The number of nitrogens with zero attached hydrogens (tertiary/aromatic N) is 2. The standard InChI is InChI=1S/C20H20FN3O2S/c1-3-13(2)22-18(25)12-27-20-23-17-7-5-4-6-16(17)19(26)24(20)15-10-8-14(21)9-11-15/h4-11,13H,3,12H2,1-2H3,(H,22,25)/t13-/m0/s1. The van der Waals surface area contributed by atoms with Gasteiger partial charge in [-0.25, -0.2) is 9.37 Å². The van der Waals surface area contributed by atoms with Crippen molar-refractivity contribution in [2.45, 2.75) is 31.5 Å². The van der Waals surface area contributed by atoms with Crippen molar-refractivity contribution in [3.63, 3.8) is 0 Å². The number of fused-ring (bicyclic) bond motifs is 1. The van der Waals surface area contributed by atoms with Crippen molar-refractivity contribution < 1.29 is 9.18 Å². The largest absolute Gasteiger partial charge is 0.353 e. The van der Waals surface area contributed by atoms with Gasteiger partial charge in [0.25, 0.3) is 5.56 Å². The zero-order valence-corrected chi connectivity index (χ0v) is 15.9. The molecule has 0 aliphatic heterocycles. The minimum Gasteiger partial charge on any atom is -0.353 e. The molecule has 27 heavy (non-hydrogen) atoms. The number of para-hydroxylation sites is 1. The zero-order chi connectivity index (χ0) is 19.4. The van der Waals surface area contributed by atoms with Gasteiger partial charge in [-0.3, -0.25) is 14.2 Å². The molecule has 0 saturated heterocycles. The molecule has 2 aromatic carbocycles. The van der Waals surface area contributed by atoms with E-state index in [1.807, 2.05) is 13.8 Å². The quantitative estimate of drug-likeness (QED) is 0.521. The lowest BCUT2D eigenvalue weighted by Crippen LogP contribution is -2.33. The van der Waals surface area contributed by atoms with Crippen LogP contribution >= 0.6 is 11.8 Å². The van der Waals surface area contributed by atoms with Crippen molar-refractivity contribution in [3.8, 4) is 5.69 Å². The van der Waals surface area contributed by atoms with E-state index >= 15 is 0 Å². The lowest BCUT2D eigenvalue weighted by atomic mass is 10.2. The second-order valence-electron chi connectivity index (χ2n) is 6.19. The molecule has 1 atom stereocenters. The van der Waals surface area contributed by atoms with Gasteiger partial charge in [0, 0.05) is 6.04 Å². The molecule has 0 unspecified atom stereocenters. The van der Waals surface area contributed by atoms with Gasteiger partial charge in [-0.1, -0.05) is 30.8 Å². The summed E-state index contributed by atoms with van der Waals surface area (Å²) in [5.74, 6) is -0.374. The Labute approximate surface area is 160 Å². The third-order valence-corrected chi connectivity index (χ3v) is 5.12. The molecular formula is C20H20FN3O2S. The number of nitrogens with one attached hydrogen (secondary N) is 1. The Bertz CT molecular complexity index is 1020. The number of rotatable bonds is 6. The Morgan fingerprint density at radius 2 is 1.93 bits per heavy atom. The third-order valence-electron chi connectivity index (χ3n) is 4.18. The Balaban J connectivity index is 2.02. The highest BCUT2D eigenvalue weighted by molar-refractivity contribution is 7.99. The first-order valence-electron chi connectivity index (χ1n) is 8.69. The molecule has 0 spiro atoms. The van der Waals surface area contributed by atoms with Crippen LogP contribution in [-0.2, 0) is 4.79 Å². The molecule has 5 nitrogen and oxygen atoms in total. The topological polar surface area (TPSA) is 64.0 Å². The second-order valence-corrected chi connectivity index (χ2v) is 7.14. The smallest absolute Gasteiger partial charge is 0.266 e. The van der Waals surface area contributed by atoms with Gasteiger partial charge in [0.05, 0.1) is 22.3 Å². The molecule has 3 rings (SSSR count). The van der Waals surface area contributed by atoms with E-state index in [1.165, 1.54) is 40.6 Å². The molecule has 1 amide bonds. The van der Waals surface area contributed by atoms with Gasteiger partial charge in [0.2, 0.25) is 5.91 Å². The summed E-state index contributed by atoms with van der Waals surface area (Å²) in [6, 6.07) is 12.8. The summed E-state index contributed by atoms with van der Waals surface area (Å²) in [5.41, 5.74) is 0.812. The van der Waals surface area contributed by atoms with Gasteiger partial charge in [-0.2, -0.15) is 0 Å². The van der Waals surface area contributed by atoms with E-state index in [0.29, 0.717) is 21.7 Å². The molecule has 140 valence electrons. The van der Waals surface area contributed by atoms with E-state index in [4.69, 9.17) is 0 Å². The van der Waals surface area contributed by atoms with Crippen molar-refractivity contribution in [3.05, 3.63) is 64.7 Å². The van der Waals surface area contributed by atoms with Crippen LogP contribution in [0.25, 0.3) is 16.6 Å². The number of thioether (sulfide) groups is 1. The van der Waals surface area contributed by atoms with Crippen molar-refractivity contribution in [1.29, 1.82) is 0 Å². The van der Waals surface area contributed by atoms with Crippen LogP contribution in [0.2, 0.25) is 0 Å². The summed E-state index contributed by atoms with van der Waals surface area (Å²) in [6.45, 7) is 3.93. The Kier molecular flexibility index (Phi) is 5.91. The first-order chi connectivity index (χ1) is 13.0. The van der Waals surface area contributed by atoms with Gasteiger partial charge < -0.3 is 5.32 Å². The molecule has 0 bridgehead atoms. The van der Waals surface area contributed by atoms with Crippen LogP contribution in [0.3, 0.4) is 0 Å². The van der Waals surface area contributed by atoms with Crippen LogP contribution in [0.4, 0.5) is 4.39 Å². The molecule has 0 radical (unpaired) electrons. The predicted molar refractivity (Wildman–Crippen MR) is 106 cm³/mol. The summed E-state index contributed by atoms with van der Waals surface area (Å²) < 4.78 is 14.7. The molecule has 0 fully saturated rings. The lowest BCUT2D eigenvalue weighted by molar-refractivity contribution is -0.119. The van der Waals surface area contributed by atoms with Crippen LogP contribution < -0.4 is 10.9 Å². The van der Waals surface area contributed by atoms with E-state index < -0.39 is 0 Å². The van der Waals surface area contributed by atoms with Crippen molar-refractivity contribution in [2.75, 3.05) is 5.75 Å². The third kappa shape index (κ3) is 4.36. The number of carbonyl (C=O) groups is 1. The maximum atomic E-state index is 13.3. The van der Waals surface area contributed by atoms with E-state index in [0.717, 1.165) is 6.42 Å². The average molecular weight is 385 g/mol. The van der Waals surface area contributed by atoms with Crippen LogP contribution in [0.1, 0.15) is 20.3 Å². The summed E-state index contributed by atoms with van der Waals surface area (Å²) >= 11 is 1.18. The molecule has 7 heteroatoms. The lowest BCUT2D eigenvalue weighted by Gasteiger charge is -2.14. The predicted octanol–water partition coefficient (Wildman–Crippen LogP) is 3.53. The van der Waals surface area contributed by atoms with E-state index in [9.17, 15) is 14.0 Å². The van der Waals surface area contributed by atoms with Gasteiger partial charge >= 0.3 is 0 Å². The highest BCUT2D eigenvalue weighted by Crippen LogP contribution is 2.21. The van der Waals surface area contributed by atoms with E-state index in [2.05, 4.69) is 10.3 Å². The van der Waals surface area contributed by atoms with E-state index in [1.54, 1.807) is 24.3 Å². The second kappa shape index (κ2) is 8.35. The summed E-state index contributed by atoms with van der Waals surface area (Å²) in [5, 5.41) is 3.75. The number of amides is 1. The first-order valence-corrected chi connectivity index (χ1v) is 9.68. The molecular weight excluding hydrogens is 365 g/mol. The van der Waals surface area contributed by atoms with Crippen LogP contribution in [-0.4, -0.2) is 27.3 Å². The van der Waals surface area contributed by atoms with Gasteiger partial charge in [0.1, 0.15) is 5.82 Å². The highest BCUT2D eigenvalue weighted by Gasteiger charge is 2.15. The highest BCUT2D eigenvalue weighted by atomic mass is 32.2. The maximum absolute atomic E-state index is 13.3. The normalized spacial score (nSPS) is 12.1. The summed E-state index contributed by atoms with van der Waals surface area (Å²) in [6.07, 6.45) is 0.838. The Hall–Kier alpha value is -2.67. The molecule has 1 aromatic heterocycles. The molecule has 0 aliphatic rings. The van der Waals surface area contributed by atoms with Crippen molar-refractivity contribution >= 4 is 28.6 Å².